The second-order valence-electron chi connectivity index (χ2n) is 8.47. The van der Waals surface area contributed by atoms with Crippen molar-refractivity contribution in [2.24, 2.45) is 5.92 Å². The summed E-state index contributed by atoms with van der Waals surface area (Å²) in [5.41, 5.74) is 1.07. The number of aromatic nitrogens is 1. The van der Waals surface area contributed by atoms with E-state index in [0.717, 1.165) is 18.4 Å². The highest BCUT2D eigenvalue weighted by Gasteiger charge is 2.29. The van der Waals surface area contributed by atoms with Crippen LogP contribution in [0.4, 0.5) is 0 Å². The van der Waals surface area contributed by atoms with Crippen LogP contribution in [-0.4, -0.2) is 36.7 Å². The molecule has 1 aromatic heterocycles. The first-order valence-corrected chi connectivity index (χ1v) is 12.2. The Bertz CT molecular complexity index is 1300. The summed E-state index contributed by atoms with van der Waals surface area (Å²) in [6.07, 6.45) is 1.83. The van der Waals surface area contributed by atoms with Crippen LogP contribution in [0.15, 0.2) is 64.3 Å². The fourth-order valence-electron chi connectivity index (χ4n) is 4.19. The van der Waals surface area contributed by atoms with E-state index in [1.165, 1.54) is 22.5 Å². The van der Waals surface area contributed by atoms with Gasteiger partial charge >= 0.3 is 0 Å². The zero-order valence-electron chi connectivity index (χ0n) is 18.2. The summed E-state index contributed by atoms with van der Waals surface area (Å²) in [5, 5.41) is 3.30. The molecule has 2 heterocycles. The highest BCUT2D eigenvalue weighted by molar-refractivity contribution is 7.89. The molecule has 1 saturated heterocycles. The van der Waals surface area contributed by atoms with Crippen molar-refractivity contribution in [1.82, 2.24) is 14.6 Å². The topological polar surface area (TPSA) is 99.3 Å². The lowest BCUT2D eigenvalue weighted by atomic mass is 10.0. The lowest BCUT2D eigenvalue weighted by Gasteiger charge is -2.30. The first-order valence-electron chi connectivity index (χ1n) is 10.8. The Morgan fingerprint density at radius 2 is 1.91 bits per heavy atom. The van der Waals surface area contributed by atoms with Crippen LogP contribution in [0.3, 0.4) is 0 Å². The summed E-state index contributed by atoms with van der Waals surface area (Å²) in [4.78, 5) is 28.1. The van der Waals surface area contributed by atoms with E-state index in [1.807, 2.05) is 44.2 Å². The quantitative estimate of drug-likeness (QED) is 0.618. The molecule has 2 N–H and O–H groups in total. The van der Waals surface area contributed by atoms with E-state index >= 15 is 0 Å². The molecule has 0 spiro atoms. The minimum Gasteiger partial charge on any atom is -0.345 e. The highest BCUT2D eigenvalue weighted by atomic mass is 32.2. The molecule has 1 fully saturated rings. The molecule has 2 aromatic carbocycles. The number of hydrogen-bond acceptors (Lipinski definition) is 4. The molecule has 0 bridgehead atoms. The number of aromatic amines is 1. The number of sulfonamides is 1. The van der Waals surface area contributed by atoms with Crippen molar-refractivity contribution in [1.29, 1.82) is 0 Å². The van der Waals surface area contributed by atoms with Crippen molar-refractivity contribution < 1.29 is 13.2 Å². The maximum Gasteiger partial charge on any atom is 0.252 e. The first-order chi connectivity index (χ1) is 15.3. The summed E-state index contributed by atoms with van der Waals surface area (Å²) in [6, 6.07) is 15.0. The SMILES string of the molecule is C[C@H]1CCCN(S(=O)(=O)c2ccc3[nH]c(=O)cc(C(=O)N[C@H](C)c4ccccc4)c3c2)C1. The molecule has 3 aromatic rings. The van der Waals surface area contributed by atoms with Crippen LogP contribution >= 0.6 is 0 Å². The van der Waals surface area contributed by atoms with Gasteiger partial charge in [0.25, 0.3) is 5.91 Å². The molecule has 0 radical (unpaired) electrons. The summed E-state index contributed by atoms with van der Waals surface area (Å²) in [5.74, 6) is -0.130. The summed E-state index contributed by atoms with van der Waals surface area (Å²) in [6.45, 7) is 4.87. The second kappa shape index (κ2) is 8.88. The van der Waals surface area contributed by atoms with E-state index in [4.69, 9.17) is 0 Å². The van der Waals surface area contributed by atoms with Crippen LogP contribution in [0.1, 0.15) is 48.7 Å². The lowest BCUT2D eigenvalue weighted by molar-refractivity contribution is 0.0941. The predicted molar refractivity (Wildman–Crippen MR) is 124 cm³/mol. The number of piperidine rings is 1. The second-order valence-corrected chi connectivity index (χ2v) is 10.4. The van der Waals surface area contributed by atoms with E-state index in [9.17, 15) is 18.0 Å². The van der Waals surface area contributed by atoms with E-state index < -0.39 is 21.5 Å². The molecule has 1 aliphatic rings. The molecule has 0 unspecified atom stereocenters. The average molecular weight is 454 g/mol. The first kappa shape index (κ1) is 22.2. The molecule has 168 valence electrons. The van der Waals surface area contributed by atoms with E-state index in [-0.39, 0.29) is 16.5 Å². The molecule has 32 heavy (non-hydrogen) atoms. The number of rotatable bonds is 5. The standard InChI is InChI=1S/C24H27N3O4S/c1-16-7-6-12-27(15-16)32(30,31)19-10-11-22-20(13-19)21(14-23(28)26-22)24(29)25-17(2)18-8-4-3-5-9-18/h3-5,8-11,13-14,16-17H,6-7,12,15H2,1-2H3,(H,25,29)(H,26,28)/t16-,17+/m0/s1. The molecule has 4 rings (SSSR count). The number of pyridine rings is 1. The minimum absolute atomic E-state index is 0.122. The summed E-state index contributed by atoms with van der Waals surface area (Å²) in [7, 11) is -3.70. The zero-order valence-corrected chi connectivity index (χ0v) is 19.0. The zero-order chi connectivity index (χ0) is 22.9. The number of benzene rings is 2. The maximum absolute atomic E-state index is 13.2. The number of carbonyl (C=O) groups excluding carboxylic acids is 1. The Labute approximate surface area is 187 Å². The van der Waals surface area contributed by atoms with Gasteiger partial charge in [0, 0.05) is 30.1 Å². The van der Waals surface area contributed by atoms with Gasteiger partial charge in [0.05, 0.1) is 16.5 Å². The largest absolute Gasteiger partial charge is 0.345 e. The molecule has 7 nitrogen and oxygen atoms in total. The van der Waals surface area contributed by atoms with Gasteiger partial charge in [-0.05, 0) is 49.4 Å². The van der Waals surface area contributed by atoms with Crippen molar-refractivity contribution in [3.8, 4) is 0 Å². The molecule has 8 heteroatoms. The molecule has 0 aliphatic carbocycles. The number of fused-ring (bicyclic) bond motifs is 1. The Hall–Kier alpha value is -2.97. The Kier molecular flexibility index (Phi) is 6.17. The van der Waals surface area contributed by atoms with Gasteiger partial charge in [-0.2, -0.15) is 4.31 Å². The lowest BCUT2D eigenvalue weighted by Crippen LogP contribution is -2.39. The molecule has 1 amide bonds. The van der Waals surface area contributed by atoms with Gasteiger partial charge in [0.2, 0.25) is 15.6 Å². The third-order valence-electron chi connectivity index (χ3n) is 5.96. The van der Waals surface area contributed by atoms with Crippen molar-refractivity contribution in [2.45, 2.75) is 37.6 Å². The molecule has 1 aliphatic heterocycles. The molecule has 2 atom stereocenters. The third kappa shape index (κ3) is 4.47. The number of H-pyrrole nitrogens is 1. The molecule has 0 saturated carbocycles. The number of carbonyl (C=O) groups is 1. The Balaban J connectivity index is 1.71. The fraction of sp³-hybridized carbons (Fsp3) is 0.333. The number of nitrogens with zero attached hydrogens (tertiary/aromatic N) is 1. The van der Waals surface area contributed by atoms with Gasteiger partial charge in [-0.1, -0.05) is 37.3 Å². The van der Waals surface area contributed by atoms with Crippen molar-refractivity contribution in [2.75, 3.05) is 13.1 Å². The summed E-state index contributed by atoms with van der Waals surface area (Å²) >= 11 is 0. The smallest absolute Gasteiger partial charge is 0.252 e. The maximum atomic E-state index is 13.2. The van der Waals surface area contributed by atoms with Crippen LogP contribution in [-0.2, 0) is 10.0 Å². The van der Waals surface area contributed by atoms with Crippen LogP contribution in [0.2, 0.25) is 0 Å². The third-order valence-corrected chi connectivity index (χ3v) is 7.82. The predicted octanol–water partition coefficient (Wildman–Crippen LogP) is 3.44. The Morgan fingerprint density at radius 3 is 2.62 bits per heavy atom. The van der Waals surface area contributed by atoms with E-state index in [2.05, 4.69) is 10.3 Å². The van der Waals surface area contributed by atoms with Gasteiger partial charge in [0.1, 0.15) is 0 Å². The van der Waals surface area contributed by atoms with Crippen molar-refractivity contribution in [3.63, 3.8) is 0 Å². The highest BCUT2D eigenvalue weighted by Crippen LogP contribution is 2.26. The number of nitrogens with one attached hydrogen (secondary N) is 2. The summed E-state index contributed by atoms with van der Waals surface area (Å²) < 4.78 is 28.0. The fourth-order valence-corrected chi connectivity index (χ4v) is 5.82. The average Bonchev–Trinajstić information content (AvgIpc) is 2.78. The minimum atomic E-state index is -3.70. The Morgan fingerprint density at radius 1 is 1.16 bits per heavy atom. The van der Waals surface area contributed by atoms with Gasteiger partial charge in [-0.25, -0.2) is 8.42 Å². The van der Waals surface area contributed by atoms with Gasteiger partial charge in [0.15, 0.2) is 0 Å². The molecular weight excluding hydrogens is 426 g/mol. The van der Waals surface area contributed by atoms with Crippen molar-refractivity contribution >= 4 is 26.8 Å². The molecular formula is C24H27N3O4S. The van der Waals surface area contributed by atoms with E-state index in [0.29, 0.717) is 29.9 Å². The van der Waals surface area contributed by atoms with Gasteiger partial charge in [-0.15, -0.1) is 0 Å². The van der Waals surface area contributed by atoms with E-state index in [1.54, 1.807) is 6.07 Å². The van der Waals surface area contributed by atoms with Crippen molar-refractivity contribution in [3.05, 3.63) is 76.1 Å². The van der Waals surface area contributed by atoms with Gasteiger partial charge < -0.3 is 10.3 Å². The van der Waals surface area contributed by atoms with Crippen LogP contribution in [0.5, 0.6) is 0 Å². The van der Waals surface area contributed by atoms with Crippen LogP contribution in [0.25, 0.3) is 10.9 Å². The van der Waals surface area contributed by atoms with Gasteiger partial charge in [-0.3, -0.25) is 9.59 Å². The number of amides is 1. The number of hydrogen-bond donors (Lipinski definition) is 2. The monoisotopic (exact) mass is 453 g/mol. The van der Waals surface area contributed by atoms with Crippen LogP contribution < -0.4 is 10.9 Å². The van der Waals surface area contributed by atoms with Crippen LogP contribution in [0, 0.1) is 5.92 Å². The normalized spacial score (nSPS) is 18.4.